The third kappa shape index (κ3) is 4.27. The first-order valence-corrected chi connectivity index (χ1v) is 12.9. The summed E-state index contributed by atoms with van der Waals surface area (Å²) in [4.78, 5) is 38.8. The Morgan fingerprint density at radius 3 is 2.29 bits per heavy atom. The van der Waals surface area contributed by atoms with Crippen LogP contribution in [0.2, 0.25) is 0 Å². The number of carbonyl (C=O) groups is 3. The van der Waals surface area contributed by atoms with Gasteiger partial charge in [0.1, 0.15) is 12.6 Å². The molecule has 0 radical (unpaired) electrons. The fourth-order valence-corrected chi connectivity index (χ4v) is 6.37. The number of carboxylic acids is 1. The van der Waals surface area contributed by atoms with Gasteiger partial charge in [0.25, 0.3) is 0 Å². The number of fused-ring (bicyclic) bond motifs is 3. The van der Waals surface area contributed by atoms with Crippen LogP contribution in [0.5, 0.6) is 0 Å². The molecule has 2 N–H and O–H groups in total. The summed E-state index contributed by atoms with van der Waals surface area (Å²) in [5, 5.41) is 12.2. The zero-order chi connectivity index (χ0) is 23.7. The van der Waals surface area contributed by atoms with Crippen molar-refractivity contribution in [3.63, 3.8) is 0 Å². The van der Waals surface area contributed by atoms with Crippen LogP contribution in [0.1, 0.15) is 36.3 Å². The van der Waals surface area contributed by atoms with Gasteiger partial charge in [-0.25, -0.2) is 9.59 Å². The van der Waals surface area contributed by atoms with Crippen molar-refractivity contribution in [2.45, 2.75) is 31.2 Å². The van der Waals surface area contributed by atoms with E-state index in [0.717, 1.165) is 30.4 Å². The second kappa shape index (κ2) is 9.70. The first kappa shape index (κ1) is 22.8. The van der Waals surface area contributed by atoms with Crippen LogP contribution in [0.4, 0.5) is 4.79 Å². The van der Waals surface area contributed by atoms with Crippen LogP contribution >= 0.6 is 11.8 Å². The van der Waals surface area contributed by atoms with E-state index in [1.807, 2.05) is 24.3 Å². The standard InChI is InChI=1S/C26H28N2O5S/c29-24(28-15-34-14-23(28)25(30)31)21(16-6-5-7-16)12-27-26(32)33-13-22-19-10-3-1-8-17(19)18-9-2-4-11-20(18)22/h1-4,8-11,16,21-23H,5-7,12-15H2,(H,27,32)(H,30,31)/t21?,23-/m0/s1. The summed E-state index contributed by atoms with van der Waals surface area (Å²) in [5.74, 6) is -0.657. The molecule has 0 aromatic heterocycles. The lowest BCUT2D eigenvalue weighted by Gasteiger charge is -2.36. The van der Waals surface area contributed by atoms with Crippen LogP contribution in [0, 0.1) is 11.8 Å². The molecule has 2 aliphatic carbocycles. The molecule has 178 valence electrons. The molecule has 2 fully saturated rings. The Balaban J connectivity index is 1.21. The van der Waals surface area contributed by atoms with E-state index in [1.54, 1.807) is 0 Å². The predicted molar refractivity (Wildman–Crippen MR) is 129 cm³/mol. The van der Waals surface area contributed by atoms with Gasteiger partial charge in [0.2, 0.25) is 5.91 Å². The second-order valence-corrected chi connectivity index (χ2v) is 10.2. The molecule has 3 aliphatic rings. The topological polar surface area (TPSA) is 95.9 Å². The van der Waals surface area contributed by atoms with Gasteiger partial charge in [0.05, 0.1) is 11.8 Å². The zero-order valence-corrected chi connectivity index (χ0v) is 19.6. The van der Waals surface area contributed by atoms with Crippen LogP contribution in [0.3, 0.4) is 0 Å². The van der Waals surface area contributed by atoms with E-state index in [4.69, 9.17) is 4.74 Å². The molecule has 2 aromatic carbocycles. The first-order chi connectivity index (χ1) is 16.5. The summed E-state index contributed by atoms with van der Waals surface area (Å²) in [5.41, 5.74) is 4.62. The highest BCUT2D eigenvalue weighted by molar-refractivity contribution is 7.99. The number of hydrogen-bond acceptors (Lipinski definition) is 5. The number of hydrogen-bond donors (Lipinski definition) is 2. The molecule has 2 amide bonds. The molecular weight excluding hydrogens is 452 g/mol. The Bertz CT molecular complexity index is 1060. The summed E-state index contributed by atoms with van der Waals surface area (Å²) in [7, 11) is 0. The van der Waals surface area contributed by atoms with Crippen LogP contribution < -0.4 is 5.32 Å². The number of ether oxygens (including phenoxy) is 1. The molecule has 1 aliphatic heterocycles. The van der Waals surface area contributed by atoms with Crippen molar-refractivity contribution in [1.82, 2.24) is 10.2 Å². The van der Waals surface area contributed by atoms with Gasteiger partial charge in [0.15, 0.2) is 0 Å². The van der Waals surface area contributed by atoms with Gasteiger partial charge in [-0.2, -0.15) is 0 Å². The maximum atomic E-state index is 13.2. The molecule has 8 heteroatoms. The average Bonchev–Trinajstić information content (AvgIpc) is 3.42. The van der Waals surface area contributed by atoms with Gasteiger partial charge in [-0.3, -0.25) is 4.79 Å². The highest BCUT2D eigenvalue weighted by Crippen LogP contribution is 2.44. The fraction of sp³-hybridized carbons (Fsp3) is 0.423. The maximum Gasteiger partial charge on any atom is 0.407 e. The normalized spacial score (nSPS) is 20.2. The number of alkyl carbamates (subject to hydrolysis) is 1. The number of aliphatic carboxylic acids is 1. The Hall–Kier alpha value is -3.00. The number of thioether (sulfide) groups is 1. The smallest absolute Gasteiger partial charge is 0.407 e. The molecule has 2 atom stereocenters. The van der Waals surface area contributed by atoms with E-state index in [2.05, 4.69) is 29.6 Å². The number of rotatable bonds is 7. The largest absolute Gasteiger partial charge is 0.480 e. The Morgan fingerprint density at radius 1 is 1.06 bits per heavy atom. The van der Waals surface area contributed by atoms with Gasteiger partial charge in [-0.15, -0.1) is 11.8 Å². The van der Waals surface area contributed by atoms with Crippen LogP contribution in [-0.4, -0.2) is 58.8 Å². The lowest BCUT2D eigenvalue weighted by Crippen LogP contribution is -2.50. The summed E-state index contributed by atoms with van der Waals surface area (Å²) in [6, 6.07) is 15.5. The molecule has 1 unspecified atom stereocenters. The number of benzene rings is 2. The highest BCUT2D eigenvalue weighted by atomic mass is 32.2. The molecule has 2 aromatic rings. The van der Waals surface area contributed by atoms with Crippen molar-refractivity contribution in [2.24, 2.45) is 11.8 Å². The molecule has 5 rings (SSSR count). The van der Waals surface area contributed by atoms with Crippen molar-refractivity contribution >= 4 is 29.7 Å². The maximum absolute atomic E-state index is 13.2. The van der Waals surface area contributed by atoms with Crippen LogP contribution in [0.25, 0.3) is 11.1 Å². The number of nitrogens with zero attached hydrogens (tertiary/aromatic N) is 1. The van der Waals surface area contributed by atoms with E-state index in [1.165, 1.54) is 27.8 Å². The van der Waals surface area contributed by atoms with Crippen molar-refractivity contribution in [1.29, 1.82) is 0 Å². The van der Waals surface area contributed by atoms with E-state index in [0.29, 0.717) is 11.6 Å². The van der Waals surface area contributed by atoms with Crippen molar-refractivity contribution in [2.75, 3.05) is 24.8 Å². The average molecular weight is 481 g/mol. The first-order valence-electron chi connectivity index (χ1n) is 11.7. The molecule has 1 saturated heterocycles. The van der Waals surface area contributed by atoms with Crippen molar-refractivity contribution in [3.05, 3.63) is 59.7 Å². The summed E-state index contributed by atoms with van der Waals surface area (Å²) < 4.78 is 5.61. The third-order valence-corrected chi connectivity index (χ3v) is 8.31. The molecular formula is C26H28N2O5S. The summed E-state index contributed by atoms with van der Waals surface area (Å²) >= 11 is 1.45. The van der Waals surface area contributed by atoms with Crippen molar-refractivity contribution < 1.29 is 24.2 Å². The van der Waals surface area contributed by atoms with Crippen LogP contribution in [-0.2, 0) is 14.3 Å². The molecule has 1 saturated carbocycles. The highest BCUT2D eigenvalue weighted by Gasteiger charge is 2.41. The fourth-order valence-electron chi connectivity index (χ4n) is 5.22. The van der Waals surface area contributed by atoms with Gasteiger partial charge >= 0.3 is 12.1 Å². The van der Waals surface area contributed by atoms with E-state index in [-0.39, 0.29) is 30.9 Å². The number of carbonyl (C=O) groups excluding carboxylic acids is 2. The Labute approximate surface area is 202 Å². The SMILES string of the molecule is O=C(NCC(C(=O)N1CSC[C@H]1C(=O)O)C1CCC1)OCC1c2ccccc2-c2ccccc21. The molecule has 0 bridgehead atoms. The minimum atomic E-state index is -0.977. The molecule has 7 nitrogen and oxygen atoms in total. The summed E-state index contributed by atoms with van der Waals surface area (Å²) in [6.07, 6.45) is 2.34. The number of nitrogens with one attached hydrogen (secondary N) is 1. The molecule has 0 spiro atoms. The predicted octanol–water partition coefficient (Wildman–Crippen LogP) is 3.93. The van der Waals surface area contributed by atoms with Crippen molar-refractivity contribution in [3.8, 4) is 11.1 Å². The van der Waals surface area contributed by atoms with Crippen LogP contribution in [0.15, 0.2) is 48.5 Å². The third-order valence-electron chi connectivity index (χ3n) is 7.30. The summed E-state index contributed by atoms with van der Waals surface area (Å²) in [6.45, 7) is 0.374. The van der Waals surface area contributed by atoms with Gasteiger partial charge in [0, 0.05) is 18.2 Å². The monoisotopic (exact) mass is 480 g/mol. The second-order valence-electron chi connectivity index (χ2n) is 9.17. The number of amides is 2. The van der Waals surface area contributed by atoms with E-state index >= 15 is 0 Å². The minimum Gasteiger partial charge on any atom is -0.480 e. The van der Waals surface area contributed by atoms with E-state index < -0.39 is 24.0 Å². The van der Waals surface area contributed by atoms with Gasteiger partial charge in [-0.1, -0.05) is 55.0 Å². The molecule has 34 heavy (non-hydrogen) atoms. The van der Waals surface area contributed by atoms with Gasteiger partial charge < -0.3 is 20.1 Å². The quantitative estimate of drug-likeness (QED) is 0.624. The Kier molecular flexibility index (Phi) is 6.50. The van der Waals surface area contributed by atoms with Gasteiger partial charge in [-0.05, 0) is 41.0 Å². The minimum absolute atomic E-state index is 0.0276. The lowest BCUT2D eigenvalue weighted by atomic mass is 9.75. The zero-order valence-electron chi connectivity index (χ0n) is 18.8. The Morgan fingerprint density at radius 2 is 1.71 bits per heavy atom. The number of carboxylic acid groups (broad SMARTS) is 1. The van der Waals surface area contributed by atoms with E-state index in [9.17, 15) is 19.5 Å². The molecule has 1 heterocycles. The lowest BCUT2D eigenvalue weighted by molar-refractivity contribution is -0.150.